The predicted octanol–water partition coefficient (Wildman–Crippen LogP) is 5.89. The number of rotatable bonds is 8. The molecule has 1 aliphatic heterocycles. The Hall–Kier alpha value is -3.12. The van der Waals surface area contributed by atoms with Crippen molar-refractivity contribution in [3.8, 4) is 0 Å². The summed E-state index contributed by atoms with van der Waals surface area (Å²) in [6, 6.07) is 19.1. The van der Waals surface area contributed by atoms with Gasteiger partial charge in [0.1, 0.15) is 0 Å². The van der Waals surface area contributed by atoms with E-state index in [4.69, 9.17) is 0 Å². The second kappa shape index (κ2) is 11.5. The van der Waals surface area contributed by atoms with Crippen LogP contribution in [0.2, 0.25) is 0 Å². The lowest BCUT2D eigenvalue weighted by Crippen LogP contribution is -2.49. The van der Waals surface area contributed by atoms with Crippen LogP contribution in [0.4, 0.5) is 5.69 Å². The molecule has 1 aliphatic rings. The largest absolute Gasteiger partial charge is 0.368 e. The summed E-state index contributed by atoms with van der Waals surface area (Å²) in [5, 5.41) is 0. The van der Waals surface area contributed by atoms with Gasteiger partial charge < -0.3 is 9.80 Å². The smallest absolute Gasteiger partial charge is 0.254 e. The Bertz CT molecular complexity index is 1360. The van der Waals surface area contributed by atoms with Crippen molar-refractivity contribution >= 4 is 21.4 Å². The fourth-order valence-corrected chi connectivity index (χ4v) is 6.28. The third kappa shape index (κ3) is 6.24. The topological polar surface area (TPSA) is 57.7 Å². The second-order valence-electron chi connectivity index (χ2n) is 10.2. The van der Waals surface area contributed by atoms with Crippen LogP contribution in [-0.2, 0) is 22.0 Å². The van der Waals surface area contributed by atoms with Gasteiger partial charge in [-0.05, 0) is 79.6 Å². The Morgan fingerprint density at radius 1 is 0.838 bits per heavy atom. The monoisotopic (exact) mass is 518 g/mol. The number of amides is 1. The van der Waals surface area contributed by atoms with Crippen LogP contribution in [0.3, 0.4) is 0 Å². The van der Waals surface area contributed by atoms with Crippen molar-refractivity contribution in [3.63, 3.8) is 0 Å². The molecule has 0 spiro atoms. The van der Waals surface area contributed by atoms with Crippen LogP contribution in [0.25, 0.3) is 0 Å². The van der Waals surface area contributed by atoms with Crippen molar-refractivity contribution in [1.29, 1.82) is 0 Å². The van der Waals surface area contributed by atoms with Crippen LogP contribution >= 0.6 is 0 Å². The molecule has 3 aromatic rings. The summed E-state index contributed by atoms with van der Waals surface area (Å²) < 4.78 is 26.5. The average molecular weight is 519 g/mol. The van der Waals surface area contributed by atoms with Crippen LogP contribution < -0.4 is 4.90 Å². The molecule has 1 amide bonds. The van der Waals surface area contributed by atoms with Gasteiger partial charge >= 0.3 is 0 Å². The van der Waals surface area contributed by atoms with Crippen molar-refractivity contribution in [3.05, 3.63) is 94.0 Å². The van der Waals surface area contributed by atoms with Crippen LogP contribution in [0.5, 0.6) is 0 Å². The van der Waals surface area contributed by atoms with Gasteiger partial charge in [0.2, 0.25) is 0 Å². The number of benzene rings is 3. The van der Waals surface area contributed by atoms with Crippen molar-refractivity contribution in [1.82, 2.24) is 4.90 Å². The molecule has 0 radical (unpaired) electrons. The van der Waals surface area contributed by atoms with E-state index in [1.807, 2.05) is 36.1 Å². The van der Waals surface area contributed by atoms with Gasteiger partial charge in [0.15, 0.2) is 9.84 Å². The predicted molar refractivity (Wildman–Crippen MR) is 151 cm³/mol. The standard InChI is InChI=1S/C31H38N2O3S/c1-5-6-9-26-12-14-27(15-13-26)22-37(35,36)28-16-11-24(3)29(21-28)31(34)33-19-17-32(18-20-33)30-10-7-8-23(2)25(30)4/h7-8,10-16,21H,5-6,9,17-20,22H2,1-4H3. The summed E-state index contributed by atoms with van der Waals surface area (Å²) >= 11 is 0. The molecule has 4 rings (SSSR count). The molecule has 1 fully saturated rings. The maximum absolute atomic E-state index is 13.5. The highest BCUT2D eigenvalue weighted by atomic mass is 32.2. The molecule has 3 aromatic carbocycles. The Balaban J connectivity index is 1.46. The maximum Gasteiger partial charge on any atom is 0.254 e. The van der Waals surface area contributed by atoms with Gasteiger partial charge in [0.05, 0.1) is 10.6 Å². The average Bonchev–Trinajstić information content (AvgIpc) is 2.89. The summed E-state index contributed by atoms with van der Waals surface area (Å²) in [4.78, 5) is 17.8. The fourth-order valence-electron chi connectivity index (χ4n) is 4.91. The third-order valence-electron chi connectivity index (χ3n) is 7.48. The first-order chi connectivity index (χ1) is 17.7. The van der Waals surface area contributed by atoms with E-state index in [0.29, 0.717) is 18.7 Å². The Kier molecular flexibility index (Phi) is 8.38. The molecule has 0 saturated carbocycles. The molecule has 196 valence electrons. The zero-order valence-electron chi connectivity index (χ0n) is 22.5. The van der Waals surface area contributed by atoms with Crippen molar-refractivity contribution in [2.45, 2.75) is 57.6 Å². The first kappa shape index (κ1) is 26.9. The lowest BCUT2D eigenvalue weighted by Gasteiger charge is -2.37. The van der Waals surface area contributed by atoms with Gasteiger partial charge in [-0.1, -0.05) is 55.8 Å². The van der Waals surface area contributed by atoms with E-state index >= 15 is 0 Å². The molecule has 1 saturated heterocycles. The van der Waals surface area contributed by atoms with Crippen molar-refractivity contribution in [2.24, 2.45) is 0 Å². The third-order valence-corrected chi connectivity index (χ3v) is 9.17. The Morgan fingerprint density at radius 2 is 1.51 bits per heavy atom. The molecule has 1 heterocycles. The van der Waals surface area contributed by atoms with E-state index < -0.39 is 9.84 Å². The van der Waals surface area contributed by atoms with Crippen LogP contribution in [-0.4, -0.2) is 45.4 Å². The minimum atomic E-state index is -3.58. The van der Waals surface area contributed by atoms with E-state index in [0.717, 1.165) is 43.5 Å². The van der Waals surface area contributed by atoms with Gasteiger partial charge in [0, 0.05) is 37.4 Å². The number of anilines is 1. The van der Waals surface area contributed by atoms with Gasteiger partial charge in [-0.25, -0.2) is 8.42 Å². The zero-order valence-corrected chi connectivity index (χ0v) is 23.3. The quantitative estimate of drug-likeness (QED) is 0.373. The molecule has 0 aliphatic carbocycles. The van der Waals surface area contributed by atoms with E-state index in [-0.39, 0.29) is 16.6 Å². The number of sulfone groups is 1. The number of carbonyl (C=O) groups excluding carboxylic acids is 1. The summed E-state index contributed by atoms with van der Waals surface area (Å²) in [6.45, 7) is 11.0. The maximum atomic E-state index is 13.5. The normalized spacial score (nSPS) is 14.2. The Labute approximate surface area is 222 Å². The molecular weight excluding hydrogens is 480 g/mol. The molecule has 0 atom stereocenters. The fraction of sp³-hybridized carbons (Fsp3) is 0.387. The molecule has 5 nitrogen and oxygen atoms in total. The number of hydrogen-bond acceptors (Lipinski definition) is 4. The molecule has 6 heteroatoms. The molecule has 0 unspecified atom stereocenters. The summed E-state index contributed by atoms with van der Waals surface area (Å²) in [7, 11) is -3.58. The van der Waals surface area contributed by atoms with E-state index in [1.54, 1.807) is 18.2 Å². The van der Waals surface area contributed by atoms with Gasteiger partial charge in [-0.3, -0.25) is 4.79 Å². The highest BCUT2D eigenvalue weighted by Gasteiger charge is 2.26. The lowest BCUT2D eigenvalue weighted by atomic mass is 10.1. The number of aryl methyl sites for hydroxylation is 3. The van der Waals surface area contributed by atoms with Crippen LogP contribution in [0, 0.1) is 20.8 Å². The van der Waals surface area contributed by atoms with Gasteiger partial charge in [0.25, 0.3) is 5.91 Å². The lowest BCUT2D eigenvalue weighted by molar-refractivity contribution is 0.0745. The first-order valence-electron chi connectivity index (χ1n) is 13.2. The number of carbonyl (C=O) groups is 1. The zero-order chi connectivity index (χ0) is 26.6. The van der Waals surface area contributed by atoms with E-state index in [1.165, 1.54) is 22.4 Å². The van der Waals surface area contributed by atoms with E-state index in [2.05, 4.69) is 43.9 Å². The number of unbranched alkanes of at least 4 members (excludes halogenated alkanes) is 1. The number of nitrogens with zero attached hydrogens (tertiary/aromatic N) is 2. The number of hydrogen-bond donors (Lipinski definition) is 0. The molecule has 0 N–H and O–H groups in total. The second-order valence-corrected chi connectivity index (χ2v) is 12.1. The minimum Gasteiger partial charge on any atom is -0.368 e. The molecule has 0 aromatic heterocycles. The molecule has 0 bridgehead atoms. The first-order valence-corrected chi connectivity index (χ1v) is 14.9. The van der Waals surface area contributed by atoms with Gasteiger partial charge in [-0.2, -0.15) is 0 Å². The van der Waals surface area contributed by atoms with Gasteiger partial charge in [-0.15, -0.1) is 0 Å². The summed E-state index contributed by atoms with van der Waals surface area (Å²) in [6.07, 6.45) is 3.26. The van der Waals surface area contributed by atoms with Crippen molar-refractivity contribution in [2.75, 3.05) is 31.1 Å². The number of piperazine rings is 1. The summed E-state index contributed by atoms with van der Waals surface area (Å²) in [5.74, 6) is -0.179. The molecular formula is C31H38N2O3S. The highest BCUT2D eigenvalue weighted by Crippen LogP contribution is 2.26. The van der Waals surface area contributed by atoms with Crippen LogP contribution in [0.15, 0.2) is 65.6 Å². The highest BCUT2D eigenvalue weighted by molar-refractivity contribution is 7.90. The minimum absolute atomic E-state index is 0.0771. The Morgan fingerprint density at radius 3 is 2.19 bits per heavy atom. The van der Waals surface area contributed by atoms with Crippen LogP contribution in [0.1, 0.15) is 57.9 Å². The molecule has 37 heavy (non-hydrogen) atoms. The van der Waals surface area contributed by atoms with E-state index in [9.17, 15) is 13.2 Å². The SMILES string of the molecule is CCCCc1ccc(CS(=O)(=O)c2ccc(C)c(C(=O)N3CCN(c4cccc(C)c4C)CC3)c2)cc1. The van der Waals surface area contributed by atoms with Crippen molar-refractivity contribution < 1.29 is 13.2 Å². The summed E-state index contributed by atoms with van der Waals surface area (Å²) in [5.41, 5.74) is 7.00.